The van der Waals surface area contributed by atoms with Gasteiger partial charge < -0.3 is 20.5 Å². The number of aryl methyl sites for hydroxylation is 1. The number of rotatable bonds is 3. The van der Waals surface area contributed by atoms with E-state index < -0.39 is 0 Å². The van der Waals surface area contributed by atoms with E-state index in [2.05, 4.69) is 35.9 Å². The first-order valence-corrected chi connectivity index (χ1v) is 10.7. The zero-order chi connectivity index (χ0) is 22.4. The predicted molar refractivity (Wildman–Crippen MR) is 117 cm³/mol. The minimum absolute atomic E-state index is 0.0158. The molecule has 0 saturated carbocycles. The number of carbonyl (C=O) groups excluding carboxylic acids is 1. The molecule has 31 heavy (non-hydrogen) atoms. The highest BCUT2D eigenvalue weighted by Gasteiger charge is 2.35. The number of hydrogen-bond donors (Lipinski definition) is 2. The summed E-state index contributed by atoms with van der Waals surface area (Å²) >= 11 is 0. The molecule has 1 aliphatic carbocycles. The van der Waals surface area contributed by atoms with Gasteiger partial charge in [0.05, 0.1) is 12.6 Å². The van der Waals surface area contributed by atoms with Crippen molar-refractivity contribution in [1.29, 1.82) is 0 Å². The summed E-state index contributed by atoms with van der Waals surface area (Å²) in [7, 11) is 0. The molecule has 2 aromatic rings. The number of ether oxygens (including phenoxy) is 1. The lowest BCUT2D eigenvalue weighted by Gasteiger charge is -2.40. The second-order valence-electron chi connectivity index (χ2n) is 8.20. The normalized spacial score (nSPS) is 20.4. The van der Waals surface area contributed by atoms with E-state index in [0.717, 1.165) is 42.5 Å². The maximum Gasteiger partial charge on any atom is 0.290 e. The summed E-state index contributed by atoms with van der Waals surface area (Å²) in [6, 6.07) is 10.1. The third-order valence-electron chi connectivity index (χ3n) is 5.73. The van der Waals surface area contributed by atoms with Crippen LogP contribution >= 0.6 is 0 Å². The van der Waals surface area contributed by atoms with E-state index in [1.807, 2.05) is 23.1 Å². The molecular formula is C23H30N4O4. The minimum Gasteiger partial charge on any atom is -0.483 e. The smallest absolute Gasteiger partial charge is 0.290 e. The molecule has 1 aliphatic heterocycles. The van der Waals surface area contributed by atoms with E-state index in [1.54, 1.807) is 0 Å². The average molecular weight is 427 g/mol. The van der Waals surface area contributed by atoms with Crippen LogP contribution in [0.25, 0.3) is 0 Å². The van der Waals surface area contributed by atoms with Gasteiger partial charge in [-0.15, -0.1) is 0 Å². The van der Waals surface area contributed by atoms with Crippen LogP contribution in [0, 0.1) is 5.92 Å². The van der Waals surface area contributed by atoms with Crippen molar-refractivity contribution in [3.8, 4) is 0 Å². The van der Waals surface area contributed by atoms with Crippen molar-refractivity contribution in [1.82, 2.24) is 14.9 Å². The van der Waals surface area contributed by atoms with Crippen LogP contribution in [0.2, 0.25) is 0 Å². The molecule has 2 atom stereocenters. The van der Waals surface area contributed by atoms with E-state index in [9.17, 15) is 4.79 Å². The molecule has 8 heteroatoms. The molecule has 8 nitrogen and oxygen atoms in total. The number of aromatic nitrogens is 2. The van der Waals surface area contributed by atoms with Crippen molar-refractivity contribution in [3.63, 3.8) is 0 Å². The number of morpholine rings is 1. The fraction of sp³-hybridized carbons (Fsp3) is 0.478. The largest absolute Gasteiger partial charge is 0.483 e. The molecule has 0 spiro atoms. The van der Waals surface area contributed by atoms with Crippen molar-refractivity contribution >= 4 is 18.3 Å². The van der Waals surface area contributed by atoms with E-state index in [0.29, 0.717) is 24.7 Å². The third-order valence-corrected chi connectivity index (χ3v) is 5.73. The number of nitrogen functional groups attached to an aromatic ring is 1. The number of carbonyl (C=O) groups is 2. The van der Waals surface area contributed by atoms with Gasteiger partial charge in [0.25, 0.3) is 12.4 Å². The molecule has 0 bridgehead atoms. The third kappa shape index (κ3) is 5.38. The Balaban J connectivity index is 0.000000858. The summed E-state index contributed by atoms with van der Waals surface area (Å²) < 4.78 is 6.34. The molecule has 166 valence electrons. The Labute approximate surface area is 182 Å². The maximum absolute atomic E-state index is 13.5. The molecule has 1 saturated heterocycles. The number of fused-ring (bicyclic) bond motifs is 1. The van der Waals surface area contributed by atoms with Gasteiger partial charge in [0.1, 0.15) is 11.8 Å². The van der Waals surface area contributed by atoms with Gasteiger partial charge in [-0.25, -0.2) is 9.97 Å². The van der Waals surface area contributed by atoms with Crippen LogP contribution in [0.5, 0.6) is 0 Å². The Bertz CT molecular complexity index is 904. The van der Waals surface area contributed by atoms with Crippen molar-refractivity contribution < 1.29 is 19.4 Å². The first kappa shape index (κ1) is 22.7. The lowest BCUT2D eigenvalue weighted by molar-refractivity contribution is -0.122. The lowest BCUT2D eigenvalue weighted by atomic mass is 9.93. The van der Waals surface area contributed by atoms with Crippen molar-refractivity contribution in [2.45, 2.75) is 51.7 Å². The van der Waals surface area contributed by atoms with E-state index >= 15 is 0 Å². The molecule has 0 radical (unpaired) electrons. The minimum atomic E-state index is -0.250. The van der Waals surface area contributed by atoms with Gasteiger partial charge >= 0.3 is 0 Å². The lowest BCUT2D eigenvalue weighted by Crippen LogP contribution is -2.49. The number of amides is 1. The number of anilines is 1. The van der Waals surface area contributed by atoms with Crippen LogP contribution in [0.1, 0.15) is 60.1 Å². The highest BCUT2D eigenvalue weighted by atomic mass is 16.5. The molecule has 0 unspecified atom stereocenters. The number of nitrogens with two attached hydrogens (primary N) is 1. The van der Waals surface area contributed by atoms with Crippen LogP contribution in [-0.4, -0.2) is 51.5 Å². The highest BCUT2D eigenvalue weighted by molar-refractivity contribution is 5.94. The molecule has 2 heterocycles. The summed E-state index contributed by atoms with van der Waals surface area (Å²) in [5, 5.41) is 6.89. The zero-order valence-electron chi connectivity index (χ0n) is 18.0. The fourth-order valence-electron chi connectivity index (χ4n) is 4.11. The first-order valence-electron chi connectivity index (χ1n) is 10.7. The summed E-state index contributed by atoms with van der Waals surface area (Å²) in [6.45, 7) is 5.10. The topological polar surface area (TPSA) is 119 Å². The van der Waals surface area contributed by atoms with Crippen LogP contribution < -0.4 is 5.73 Å². The van der Waals surface area contributed by atoms with Crippen LogP contribution in [0.15, 0.2) is 30.3 Å². The summed E-state index contributed by atoms with van der Waals surface area (Å²) in [5.41, 5.74) is 9.42. The molecule has 1 aromatic heterocycles. The Hall–Kier alpha value is -3.00. The molecule has 1 amide bonds. The SMILES string of the molecule is CC(C)[C@H]1CN(C(=O)c2nc(N)nc3c2CCCC3)C[C@@H](c2ccccc2)O1.O=CO. The van der Waals surface area contributed by atoms with E-state index in [4.69, 9.17) is 20.4 Å². The van der Waals surface area contributed by atoms with Gasteiger partial charge in [0.2, 0.25) is 5.95 Å². The predicted octanol–water partition coefficient (Wildman–Crippen LogP) is 2.88. The highest BCUT2D eigenvalue weighted by Crippen LogP contribution is 2.30. The maximum atomic E-state index is 13.5. The van der Waals surface area contributed by atoms with Crippen molar-refractivity contribution in [3.05, 3.63) is 52.8 Å². The molecule has 3 N–H and O–H groups in total. The summed E-state index contributed by atoms with van der Waals surface area (Å²) in [4.78, 5) is 32.5. The molecule has 2 aliphatic rings. The van der Waals surface area contributed by atoms with Gasteiger partial charge in [-0.3, -0.25) is 9.59 Å². The van der Waals surface area contributed by atoms with Crippen molar-refractivity contribution in [2.24, 2.45) is 5.92 Å². The molecule has 1 aromatic carbocycles. The number of carboxylic acid groups (broad SMARTS) is 1. The van der Waals surface area contributed by atoms with Gasteiger partial charge in [0, 0.05) is 17.8 Å². The van der Waals surface area contributed by atoms with E-state index in [-0.39, 0.29) is 30.5 Å². The monoisotopic (exact) mass is 426 g/mol. The number of hydrogen-bond acceptors (Lipinski definition) is 6. The van der Waals surface area contributed by atoms with Crippen LogP contribution in [0.4, 0.5) is 5.95 Å². The second kappa shape index (κ2) is 10.3. The number of nitrogens with zero attached hydrogens (tertiary/aromatic N) is 3. The average Bonchev–Trinajstić information content (AvgIpc) is 2.78. The Morgan fingerprint density at radius 1 is 1.19 bits per heavy atom. The summed E-state index contributed by atoms with van der Waals surface area (Å²) in [5.74, 6) is 0.450. The Kier molecular flexibility index (Phi) is 7.57. The number of benzene rings is 1. The Morgan fingerprint density at radius 3 is 2.55 bits per heavy atom. The van der Waals surface area contributed by atoms with Crippen LogP contribution in [-0.2, 0) is 22.4 Å². The van der Waals surface area contributed by atoms with Crippen molar-refractivity contribution in [2.75, 3.05) is 18.8 Å². The summed E-state index contributed by atoms with van der Waals surface area (Å²) in [6.07, 6.45) is 3.70. The van der Waals surface area contributed by atoms with Crippen LogP contribution in [0.3, 0.4) is 0 Å². The first-order chi connectivity index (χ1) is 14.9. The molecule has 4 rings (SSSR count). The quantitative estimate of drug-likeness (QED) is 0.724. The van der Waals surface area contributed by atoms with E-state index in [1.165, 1.54) is 0 Å². The second-order valence-corrected chi connectivity index (χ2v) is 8.20. The van der Waals surface area contributed by atoms with Gasteiger partial charge in [-0.05, 0) is 37.2 Å². The standard InChI is InChI=1S/C22H28N4O2.CH2O2/c1-14(2)18-12-26(13-19(28-18)15-8-4-3-5-9-15)21(27)20-16-10-6-7-11-17(16)24-22(23)25-20;2-1-3/h3-5,8-9,14,18-19H,6-7,10-13H2,1-2H3,(H2,23,24,25);1H,(H,2,3)/t18-,19+;/m1./s1. The zero-order valence-corrected chi connectivity index (χ0v) is 18.0. The fourth-order valence-corrected chi connectivity index (χ4v) is 4.11. The molecular weight excluding hydrogens is 396 g/mol. The molecule has 1 fully saturated rings. The van der Waals surface area contributed by atoms with Gasteiger partial charge in [0.15, 0.2) is 0 Å². The van der Waals surface area contributed by atoms with Gasteiger partial charge in [-0.2, -0.15) is 0 Å². The Morgan fingerprint density at radius 2 is 1.87 bits per heavy atom. The van der Waals surface area contributed by atoms with Gasteiger partial charge in [-0.1, -0.05) is 44.2 Å².